The molecule has 1 heterocycles. The van der Waals surface area contributed by atoms with Gasteiger partial charge in [0.1, 0.15) is 17.0 Å². The zero-order chi connectivity index (χ0) is 16.9. The van der Waals surface area contributed by atoms with Crippen LogP contribution in [-0.4, -0.2) is 18.2 Å². The van der Waals surface area contributed by atoms with Gasteiger partial charge in [0.05, 0.1) is 0 Å². The van der Waals surface area contributed by atoms with E-state index in [0.29, 0.717) is 17.2 Å². The first-order chi connectivity index (χ1) is 11.6. The molecule has 0 fully saturated rings. The van der Waals surface area contributed by atoms with Crippen LogP contribution >= 0.6 is 0 Å². The number of aryl methyl sites for hydroxylation is 1. The van der Waals surface area contributed by atoms with Gasteiger partial charge in [-0.2, -0.15) is 5.10 Å². The summed E-state index contributed by atoms with van der Waals surface area (Å²) in [4.78, 5) is 11.8. The molecule has 0 aliphatic rings. The fourth-order valence-electron chi connectivity index (χ4n) is 2.25. The van der Waals surface area contributed by atoms with Gasteiger partial charge in [0.2, 0.25) is 0 Å². The Bertz CT molecular complexity index is 863. The molecule has 0 saturated heterocycles. The highest BCUT2D eigenvalue weighted by molar-refractivity contribution is 6.00. The first-order valence-corrected chi connectivity index (χ1v) is 7.63. The van der Waals surface area contributed by atoms with Crippen molar-refractivity contribution in [2.75, 3.05) is 6.61 Å². The Kier molecular flexibility index (Phi) is 4.61. The first kappa shape index (κ1) is 15.8. The van der Waals surface area contributed by atoms with Gasteiger partial charge in [-0.1, -0.05) is 30.3 Å². The molecule has 1 aromatic heterocycles. The molecule has 0 bridgehead atoms. The lowest BCUT2D eigenvalue weighted by atomic mass is 10.2. The maximum absolute atomic E-state index is 11.8. The van der Waals surface area contributed by atoms with Crippen molar-refractivity contribution in [2.45, 2.75) is 13.8 Å². The molecule has 5 heteroatoms. The standard InChI is InChI=1S/C19H18N2O3/c1-13-6-5-8-16(10-13)23-12-19(22)21-20-14(2)18-11-15-7-3-4-9-17(15)24-18/h3-11H,12H2,1-2H3,(H,21,22)/b20-14-. The van der Waals surface area contributed by atoms with E-state index in [-0.39, 0.29) is 12.5 Å². The summed E-state index contributed by atoms with van der Waals surface area (Å²) in [6, 6.07) is 17.1. The number of carbonyl (C=O) groups excluding carboxylic acids is 1. The summed E-state index contributed by atoms with van der Waals surface area (Å²) >= 11 is 0. The molecule has 0 saturated carbocycles. The maximum atomic E-state index is 11.8. The van der Waals surface area contributed by atoms with Crippen molar-refractivity contribution in [1.82, 2.24) is 5.43 Å². The number of nitrogens with one attached hydrogen (secondary N) is 1. The fourth-order valence-corrected chi connectivity index (χ4v) is 2.25. The van der Waals surface area contributed by atoms with Gasteiger partial charge in [-0.15, -0.1) is 0 Å². The molecule has 5 nitrogen and oxygen atoms in total. The number of furan rings is 1. The van der Waals surface area contributed by atoms with Crippen LogP contribution in [-0.2, 0) is 4.79 Å². The molecule has 2 aromatic carbocycles. The van der Waals surface area contributed by atoms with Crippen molar-refractivity contribution in [3.8, 4) is 5.75 Å². The molecule has 0 spiro atoms. The van der Waals surface area contributed by atoms with Crippen LogP contribution in [0.4, 0.5) is 0 Å². The zero-order valence-electron chi connectivity index (χ0n) is 13.6. The van der Waals surface area contributed by atoms with Crippen LogP contribution in [0.25, 0.3) is 11.0 Å². The molecule has 0 aliphatic carbocycles. The van der Waals surface area contributed by atoms with Gasteiger partial charge in [0.15, 0.2) is 12.4 Å². The number of hydrogen-bond acceptors (Lipinski definition) is 4. The third-order valence-corrected chi connectivity index (χ3v) is 3.49. The lowest BCUT2D eigenvalue weighted by Gasteiger charge is -2.05. The largest absolute Gasteiger partial charge is 0.484 e. The average molecular weight is 322 g/mol. The van der Waals surface area contributed by atoms with Crippen LogP contribution in [0, 0.1) is 6.92 Å². The van der Waals surface area contributed by atoms with Gasteiger partial charge in [-0.05, 0) is 43.7 Å². The normalized spacial score (nSPS) is 11.5. The van der Waals surface area contributed by atoms with E-state index >= 15 is 0 Å². The topological polar surface area (TPSA) is 63.8 Å². The van der Waals surface area contributed by atoms with E-state index in [1.807, 2.05) is 61.5 Å². The Morgan fingerprint density at radius 3 is 2.79 bits per heavy atom. The van der Waals surface area contributed by atoms with Crippen molar-refractivity contribution >= 4 is 22.6 Å². The molecule has 3 aromatic rings. The molecule has 0 aliphatic heterocycles. The summed E-state index contributed by atoms with van der Waals surface area (Å²) in [5, 5.41) is 5.06. The zero-order valence-corrected chi connectivity index (χ0v) is 13.6. The van der Waals surface area contributed by atoms with Crippen LogP contribution in [0.3, 0.4) is 0 Å². The van der Waals surface area contributed by atoms with E-state index in [9.17, 15) is 4.79 Å². The molecular weight excluding hydrogens is 304 g/mol. The van der Waals surface area contributed by atoms with Crippen molar-refractivity contribution in [3.05, 3.63) is 65.9 Å². The maximum Gasteiger partial charge on any atom is 0.277 e. The van der Waals surface area contributed by atoms with Crippen molar-refractivity contribution < 1.29 is 13.9 Å². The average Bonchev–Trinajstić information content (AvgIpc) is 3.02. The third-order valence-electron chi connectivity index (χ3n) is 3.49. The van der Waals surface area contributed by atoms with Gasteiger partial charge in [0.25, 0.3) is 5.91 Å². The van der Waals surface area contributed by atoms with Crippen LogP contribution in [0.1, 0.15) is 18.2 Å². The van der Waals surface area contributed by atoms with E-state index in [2.05, 4.69) is 10.5 Å². The van der Waals surface area contributed by atoms with Crippen LogP contribution in [0.2, 0.25) is 0 Å². The number of carbonyl (C=O) groups is 1. The Labute approximate surface area is 139 Å². The highest BCUT2D eigenvalue weighted by Gasteiger charge is 2.07. The summed E-state index contributed by atoms with van der Waals surface area (Å²) in [7, 11) is 0. The van der Waals surface area contributed by atoms with Crippen molar-refractivity contribution in [2.24, 2.45) is 5.10 Å². The predicted molar refractivity (Wildman–Crippen MR) is 93.2 cm³/mol. The number of hydrogen-bond donors (Lipinski definition) is 1. The monoisotopic (exact) mass is 322 g/mol. The summed E-state index contributed by atoms with van der Waals surface area (Å²) in [5.41, 5.74) is 4.93. The number of ether oxygens (including phenoxy) is 1. The molecule has 1 N–H and O–H groups in total. The Morgan fingerprint density at radius 2 is 2.00 bits per heavy atom. The van der Waals surface area contributed by atoms with Crippen LogP contribution < -0.4 is 10.2 Å². The minimum absolute atomic E-state index is 0.0969. The Morgan fingerprint density at radius 1 is 1.17 bits per heavy atom. The lowest BCUT2D eigenvalue weighted by Crippen LogP contribution is -2.25. The van der Waals surface area contributed by atoms with Crippen molar-refractivity contribution in [3.63, 3.8) is 0 Å². The van der Waals surface area contributed by atoms with E-state index in [0.717, 1.165) is 16.5 Å². The van der Waals surface area contributed by atoms with Gasteiger partial charge in [-0.3, -0.25) is 4.79 Å². The Hall–Kier alpha value is -3.08. The third kappa shape index (κ3) is 3.81. The quantitative estimate of drug-likeness (QED) is 0.576. The number of hydrazone groups is 1. The first-order valence-electron chi connectivity index (χ1n) is 7.63. The van der Waals surface area contributed by atoms with Gasteiger partial charge in [0, 0.05) is 5.39 Å². The van der Waals surface area contributed by atoms with Crippen LogP contribution in [0.5, 0.6) is 5.75 Å². The van der Waals surface area contributed by atoms with E-state index < -0.39 is 0 Å². The molecule has 24 heavy (non-hydrogen) atoms. The lowest BCUT2D eigenvalue weighted by molar-refractivity contribution is -0.123. The van der Waals surface area contributed by atoms with Gasteiger partial charge < -0.3 is 9.15 Å². The van der Waals surface area contributed by atoms with Crippen LogP contribution in [0.15, 0.2) is 64.1 Å². The summed E-state index contributed by atoms with van der Waals surface area (Å²) in [5.74, 6) is 0.950. The number of amides is 1. The SMILES string of the molecule is C/C(=N/NC(=O)COc1cccc(C)c1)c1cc2ccccc2o1. The molecule has 0 radical (unpaired) electrons. The van der Waals surface area contributed by atoms with E-state index in [4.69, 9.17) is 9.15 Å². The second kappa shape index (κ2) is 7.00. The second-order valence-electron chi connectivity index (χ2n) is 5.49. The number of benzene rings is 2. The fraction of sp³-hybridized carbons (Fsp3) is 0.158. The summed E-state index contributed by atoms with van der Waals surface area (Å²) < 4.78 is 11.1. The van der Waals surface area contributed by atoms with Gasteiger partial charge >= 0.3 is 0 Å². The second-order valence-corrected chi connectivity index (χ2v) is 5.49. The number of fused-ring (bicyclic) bond motifs is 1. The Balaban J connectivity index is 1.58. The minimum Gasteiger partial charge on any atom is -0.484 e. The summed E-state index contributed by atoms with van der Waals surface area (Å²) in [6.45, 7) is 3.65. The van der Waals surface area contributed by atoms with E-state index in [1.54, 1.807) is 6.92 Å². The molecule has 1 amide bonds. The van der Waals surface area contributed by atoms with Gasteiger partial charge in [-0.25, -0.2) is 5.43 Å². The highest BCUT2D eigenvalue weighted by atomic mass is 16.5. The molecular formula is C19H18N2O3. The number of para-hydroxylation sites is 1. The summed E-state index contributed by atoms with van der Waals surface area (Å²) in [6.07, 6.45) is 0. The number of rotatable bonds is 5. The number of nitrogens with zero attached hydrogens (tertiary/aromatic N) is 1. The minimum atomic E-state index is -0.327. The highest BCUT2D eigenvalue weighted by Crippen LogP contribution is 2.19. The molecule has 122 valence electrons. The van der Waals surface area contributed by atoms with Crippen molar-refractivity contribution in [1.29, 1.82) is 0 Å². The molecule has 3 rings (SSSR count). The molecule has 0 atom stereocenters. The smallest absolute Gasteiger partial charge is 0.277 e. The molecule has 0 unspecified atom stereocenters. The predicted octanol–water partition coefficient (Wildman–Crippen LogP) is 3.66. The van der Waals surface area contributed by atoms with E-state index in [1.165, 1.54) is 0 Å².